The first-order valence-corrected chi connectivity index (χ1v) is 8.93. The molecule has 0 aromatic carbocycles. The minimum Gasteiger partial charge on any atom is -0.414 e. The van der Waals surface area contributed by atoms with Gasteiger partial charge in [0.15, 0.2) is 8.32 Å². The first-order valence-electron chi connectivity index (χ1n) is 6.40. The molecule has 1 heterocycles. The molecular formula is C12H26OSi. The van der Waals surface area contributed by atoms with E-state index in [9.17, 15) is 0 Å². The predicted octanol–water partition coefficient (Wildman–Crippen LogP) is 4.34. The molecule has 1 rings (SSSR count). The van der Waals surface area contributed by atoms with Crippen LogP contribution in [0.3, 0.4) is 0 Å². The number of hydrogen-bond acceptors (Lipinski definition) is 1. The van der Waals surface area contributed by atoms with Gasteiger partial charge in [0.05, 0.1) is 0 Å². The summed E-state index contributed by atoms with van der Waals surface area (Å²) in [5.41, 5.74) is 0. The molecule has 1 atom stereocenters. The Bertz CT molecular complexity index is 152. The van der Waals surface area contributed by atoms with Gasteiger partial charge in [0, 0.05) is 6.10 Å². The van der Waals surface area contributed by atoms with Crippen molar-refractivity contribution < 1.29 is 4.43 Å². The third-order valence-electron chi connectivity index (χ3n) is 3.56. The van der Waals surface area contributed by atoms with Crippen LogP contribution in [0, 0.1) is 0 Å². The van der Waals surface area contributed by atoms with Crippen molar-refractivity contribution in [3.63, 3.8) is 0 Å². The highest BCUT2D eigenvalue weighted by molar-refractivity contribution is 6.73. The predicted molar refractivity (Wildman–Crippen MR) is 65.2 cm³/mol. The van der Waals surface area contributed by atoms with Gasteiger partial charge in [-0.3, -0.25) is 0 Å². The van der Waals surface area contributed by atoms with E-state index in [1.165, 1.54) is 50.2 Å². The molecule has 1 fully saturated rings. The fourth-order valence-corrected chi connectivity index (χ4v) is 6.76. The lowest BCUT2D eigenvalue weighted by molar-refractivity contribution is 0.190. The van der Waals surface area contributed by atoms with Crippen LogP contribution in [-0.2, 0) is 4.43 Å². The van der Waals surface area contributed by atoms with Crippen molar-refractivity contribution in [3.8, 4) is 0 Å². The molecule has 0 radical (unpaired) electrons. The van der Waals surface area contributed by atoms with Crippen LogP contribution in [0.15, 0.2) is 0 Å². The summed E-state index contributed by atoms with van der Waals surface area (Å²) in [6.07, 6.45) is 7.33. The molecule has 1 aliphatic rings. The van der Waals surface area contributed by atoms with Crippen LogP contribution in [0.25, 0.3) is 0 Å². The lowest BCUT2D eigenvalue weighted by Gasteiger charge is -2.36. The van der Waals surface area contributed by atoms with E-state index in [2.05, 4.69) is 20.8 Å². The zero-order chi connectivity index (χ0) is 10.4. The van der Waals surface area contributed by atoms with Crippen molar-refractivity contribution >= 4 is 8.32 Å². The average Bonchev–Trinajstić information content (AvgIpc) is 2.19. The minimum absolute atomic E-state index is 0.518. The zero-order valence-electron chi connectivity index (χ0n) is 10.1. The summed E-state index contributed by atoms with van der Waals surface area (Å²) in [4.78, 5) is 0. The van der Waals surface area contributed by atoms with E-state index in [-0.39, 0.29) is 0 Å². The third-order valence-corrected chi connectivity index (χ3v) is 8.28. The molecule has 0 N–H and O–H groups in total. The third kappa shape index (κ3) is 3.39. The van der Waals surface area contributed by atoms with Crippen molar-refractivity contribution in [2.24, 2.45) is 0 Å². The summed E-state index contributed by atoms with van der Waals surface area (Å²) in [5, 5.41) is 0. The van der Waals surface area contributed by atoms with Crippen molar-refractivity contribution in [3.05, 3.63) is 0 Å². The molecule has 84 valence electrons. The summed E-state index contributed by atoms with van der Waals surface area (Å²) in [5.74, 6) is 0. The molecule has 1 nitrogen and oxygen atoms in total. The number of hydrogen-bond donors (Lipinski definition) is 0. The molecular weight excluding hydrogens is 188 g/mol. The maximum atomic E-state index is 6.41. The second kappa shape index (κ2) is 5.91. The van der Waals surface area contributed by atoms with E-state index in [0.29, 0.717) is 6.10 Å². The lowest BCUT2D eigenvalue weighted by Crippen LogP contribution is -2.42. The van der Waals surface area contributed by atoms with Gasteiger partial charge in [-0.1, -0.05) is 39.5 Å². The highest BCUT2D eigenvalue weighted by atomic mass is 28.4. The molecule has 0 aromatic rings. The maximum Gasteiger partial charge on any atom is 0.192 e. The number of rotatable bonds is 5. The average molecular weight is 214 g/mol. The van der Waals surface area contributed by atoms with E-state index < -0.39 is 8.32 Å². The largest absolute Gasteiger partial charge is 0.414 e. The van der Waals surface area contributed by atoms with Crippen molar-refractivity contribution in [1.82, 2.24) is 0 Å². The molecule has 0 spiro atoms. The molecule has 14 heavy (non-hydrogen) atoms. The molecule has 1 aliphatic heterocycles. The normalized spacial score (nSPS) is 23.4. The van der Waals surface area contributed by atoms with E-state index in [0.717, 1.165) is 0 Å². The summed E-state index contributed by atoms with van der Waals surface area (Å²) < 4.78 is 6.41. The van der Waals surface area contributed by atoms with Gasteiger partial charge >= 0.3 is 0 Å². The van der Waals surface area contributed by atoms with Gasteiger partial charge in [0.2, 0.25) is 0 Å². The van der Waals surface area contributed by atoms with Gasteiger partial charge in [-0.05, 0) is 31.5 Å². The molecule has 2 heteroatoms. The van der Waals surface area contributed by atoms with Crippen molar-refractivity contribution in [2.75, 3.05) is 0 Å². The summed E-state index contributed by atoms with van der Waals surface area (Å²) >= 11 is 0. The van der Waals surface area contributed by atoms with Crippen LogP contribution in [0.2, 0.25) is 18.1 Å². The quantitative estimate of drug-likeness (QED) is 0.619. The fourth-order valence-electron chi connectivity index (χ4n) is 2.64. The van der Waals surface area contributed by atoms with Gasteiger partial charge in [-0.25, -0.2) is 0 Å². The van der Waals surface area contributed by atoms with Crippen molar-refractivity contribution in [2.45, 2.75) is 77.1 Å². The Labute approximate surface area is 90.4 Å². The monoisotopic (exact) mass is 214 g/mol. The minimum atomic E-state index is -1.26. The second-order valence-electron chi connectivity index (χ2n) is 4.81. The summed E-state index contributed by atoms with van der Waals surface area (Å²) in [7, 11) is -1.26. The molecule has 0 saturated carbocycles. The Morgan fingerprint density at radius 1 is 1.14 bits per heavy atom. The fraction of sp³-hybridized carbons (Fsp3) is 1.00. The van der Waals surface area contributed by atoms with Crippen LogP contribution >= 0.6 is 0 Å². The van der Waals surface area contributed by atoms with Gasteiger partial charge in [0.1, 0.15) is 0 Å². The van der Waals surface area contributed by atoms with Gasteiger partial charge in [-0.2, -0.15) is 0 Å². The topological polar surface area (TPSA) is 9.23 Å². The molecule has 0 amide bonds. The molecule has 1 saturated heterocycles. The Balaban J connectivity index is 2.42. The summed E-state index contributed by atoms with van der Waals surface area (Å²) in [6, 6.07) is 4.19. The van der Waals surface area contributed by atoms with E-state index in [4.69, 9.17) is 4.43 Å². The van der Waals surface area contributed by atoms with Crippen LogP contribution in [0.5, 0.6) is 0 Å². The zero-order valence-corrected chi connectivity index (χ0v) is 11.1. The Morgan fingerprint density at radius 2 is 1.79 bits per heavy atom. The molecule has 0 bridgehead atoms. The smallest absolute Gasteiger partial charge is 0.192 e. The SMILES string of the molecule is CCCC(C)O[Si]1(CC)CCCCC1. The first-order chi connectivity index (χ1) is 6.72. The van der Waals surface area contributed by atoms with Crippen LogP contribution in [-0.4, -0.2) is 14.4 Å². The standard InChI is InChI=1S/C12H26OSi/c1-4-9-12(3)13-14(5-2)10-7-6-8-11-14/h12H,4-11H2,1-3H3. The highest BCUT2D eigenvalue weighted by Gasteiger charge is 2.35. The van der Waals surface area contributed by atoms with Crippen LogP contribution in [0.1, 0.15) is 52.9 Å². The van der Waals surface area contributed by atoms with Gasteiger partial charge < -0.3 is 4.43 Å². The van der Waals surface area contributed by atoms with Crippen molar-refractivity contribution in [1.29, 1.82) is 0 Å². The van der Waals surface area contributed by atoms with Gasteiger partial charge in [-0.15, -0.1) is 0 Å². The summed E-state index contributed by atoms with van der Waals surface area (Å²) in [6.45, 7) is 6.86. The molecule has 0 aromatic heterocycles. The first kappa shape index (κ1) is 12.2. The van der Waals surface area contributed by atoms with E-state index in [1.54, 1.807) is 0 Å². The van der Waals surface area contributed by atoms with E-state index >= 15 is 0 Å². The molecule has 1 unspecified atom stereocenters. The van der Waals surface area contributed by atoms with E-state index in [1.807, 2.05) is 0 Å². The Morgan fingerprint density at radius 3 is 2.29 bits per heavy atom. The second-order valence-corrected chi connectivity index (χ2v) is 9.12. The maximum absolute atomic E-state index is 6.41. The Kier molecular flexibility index (Phi) is 5.17. The van der Waals surface area contributed by atoms with Gasteiger partial charge in [0.25, 0.3) is 0 Å². The Hall–Kier alpha value is 0.177. The van der Waals surface area contributed by atoms with Crippen LogP contribution in [0.4, 0.5) is 0 Å². The van der Waals surface area contributed by atoms with Crippen LogP contribution < -0.4 is 0 Å². The highest BCUT2D eigenvalue weighted by Crippen LogP contribution is 2.33. The molecule has 0 aliphatic carbocycles. The lowest BCUT2D eigenvalue weighted by atomic mass is 10.2.